The molecule has 4 nitrogen and oxygen atoms in total. The van der Waals surface area contributed by atoms with Gasteiger partial charge in [0.25, 0.3) is 0 Å². The van der Waals surface area contributed by atoms with Crippen LogP contribution in [0.3, 0.4) is 0 Å². The fourth-order valence-electron chi connectivity index (χ4n) is 2.95. The van der Waals surface area contributed by atoms with Crippen LogP contribution in [0.15, 0.2) is 84.1 Å². The van der Waals surface area contributed by atoms with E-state index in [9.17, 15) is 4.79 Å². The summed E-state index contributed by atoms with van der Waals surface area (Å²) >= 11 is 1.33. The third-order valence-electron chi connectivity index (χ3n) is 4.43. The summed E-state index contributed by atoms with van der Waals surface area (Å²) in [5.74, 6) is 0.189. The van der Waals surface area contributed by atoms with E-state index in [0.717, 1.165) is 22.5 Å². The number of amides is 1. The maximum absolute atomic E-state index is 12.3. The molecule has 1 N–H and O–H groups in total. The zero-order valence-corrected chi connectivity index (χ0v) is 16.2. The summed E-state index contributed by atoms with van der Waals surface area (Å²) in [6, 6.07) is 24.1. The zero-order valence-electron chi connectivity index (χ0n) is 15.4. The van der Waals surface area contributed by atoms with Gasteiger partial charge in [-0.2, -0.15) is 0 Å². The molecule has 0 saturated heterocycles. The highest BCUT2D eigenvalue weighted by Gasteiger charge is 2.08. The number of carbonyl (C=O) groups excluding carboxylic acids is 1. The molecule has 0 aliphatic heterocycles. The Morgan fingerprint density at radius 1 is 0.964 bits per heavy atom. The van der Waals surface area contributed by atoms with Crippen LogP contribution < -0.4 is 5.32 Å². The molecule has 0 saturated carbocycles. The lowest BCUT2D eigenvalue weighted by atomic mass is 10.1. The minimum absolute atomic E-state index is 0.0704. The van der Waals surface area contributed by atoms with E-state index in [0.29, 0.717) is 5.16 Å². The Kier molecular flexibility index (Phi) is 5.35. The van der Waals surface area contributed by atoms with Crippen molar-refractivity contribution in [3.8, 4) is 11.3 Å². The second-order valence-electron chi connectivity index (χ2n) is 6.44. The Morgan fingerprint density at radius 2 is 1.75 bits per heavy atom. The number of fused-ring (bicyclic) bond motifs is 1. The van der Waals surface area contributed by atoms with Crippen molar-refractivity contribution >= 4 is 34.1 Å². The lowest BCUT2D eigenvalue weighted by Crippen LogP contribution is -2.15. The van der Waals surface area contributed by atoms with Gasteiger partial charge < -0.3 is 5.32 Å². The lowest BCUT2D eigenvalue weighted by Gasteiger charge is -2.08. The molecule has 3 aromatic carbocycles. The first-order valence-electron chi connectivity index (χ1n) is 8.99. The largest absolute Gasteiger partial charge is 0.325 e. The molecule has 28 heavy (non-hydrogen) atoms. The molecule has 0 fully saturated rings. The molecule has 0 spiro atoms. The standard InChI is InChI=1S/C23H19N3OS/c1-16-6-2-5-9-20(16)25-22(27)15-28-23-24-13-12-21(26-23)19-11-10-17-7-3-4-8-18(17)14-19/h2-14H,15H2,1H3,(H,25,27). The number of nitrogens with zero attached hydrogens (tertiary/aromatic N) is 2. The molecule has 1 amide bonds. The van der Waals surface area contributed by atoms with Crippen LogP contribution >= 0.6 is 11.8 Å². The van der Waals surface area contributed by atoms with Gasteiger partial charge in [0.2, 0.25) is 5.91 Å². The van der Waals surface area contributed by atoms with Gasteiger partial charge >= 0.3 is 0 Å². The number of aromatic nitrogens is 2. The summed E-state index contributed by atoms with van der Waals surface area (Å²) in [7, 11) is 0. The first-order chi connectivity index (χ1) is 13.7. The molecule has 0 bridgehead atoms. The van der Waals surface area contributed by atoms with Crippen molar-refractivity contribution < 1.29 is 4.79 Å². The van der Waals surface area contributed by atoms with Crippen molar-refractivity contribution in [2.45, 2.75) is 12.1 Å². The number of thioether (sulfide) groups is 1. The number of anilines is 1. The second kappa shape index (κ2) is 8.23. The van der Waals surface area contributed by atoms with Gasteiger partial charge in [0.1, 0.15) is 0 Å². The number of nitrogens with one attached hydrogen (secondary N) is 1. The van der Waals surface area contributed by atoms with E-state index < -0.39 is 0 Å². The normalized spacial score (nSPS) is 10.8. The molecule has 4 aromatic rings. The maximum Gasteiger partial charge on any atom is 0.234 e. The third kappa shape index (κ3) is 4.21. The predicted octanol–water partition coefficient (Wildman–Crippen LogP) is 5.34. The molecule has 5 heteroatoms. The number of benzene rings is 3. The van der Waals surface area contributed by atoms with E-state index >= 15 is 0 Å². The fourth-order valence-corrected chi connectivity index (χ4v) is 3.58. The van der Waals surface area contributed by atoms with Gasteiger partial charge in [-0.25, -0.2) is 9.97 Å². The molecule has 4 rings (SSSR count). The van der Waals surface area contributed by atoms with Gasteiger partial charge in [-0.05, 0) is 41.5 Å². The third-order valence-corrected chi connectivity index (χ3v) is 5.29. The minimum atomic E-state index is -0.0704. The smallest absolute Gasteiger partial charge is 0.234 e. The average Bonchev–Trinajstić information content (AvgIpc) is 2.74. The average molecular weight is 385 g/mol. The van der Waals surface area contributed by atoms with E-state index in [1.165, 1.54) is 22.5 Å². The monoisotopic (exact) mass is 385 g/mol. The first kappa shape index (κ1) is 18.2. The highest BCUT2D eigenvalue weighted by atomic mass is 32.2. The quantitative estimate of drug-likeness (QED) is 0.372. The summed E-state index contributed by atoms with van der Waals surface area (Å²) in [5.41, 5.74) is 3.75. The molecule has 138 valence electrons. The van der Waals surface area contributed by atoms with E-state index in [1.807, 2.05) is 49.4 Å². The van der Waals surface area contributed by atoms with Crippen molar-refractivity contribution in [3.63, 3.8) is 0 Å². The van der Waals surface area contributed by atoms with Crippen LogP contribution in [0.2, 0.25) is 0 Å². The van der Waals surface area contributed by atoms with E-state index in [-0.39, 0.29) is 11.7 Å². The zero-order chi connectivity index (χ0) is 19.3. The van der Waals surface area contributed by atoms with E-state index in [1.54, 1.807) is 6.20 Å². The van der Waals surface area contributed by atoms with Crippen LogP contribution in [0.4, 0.5) is 5.69 Å². The summed E-state index contributed by atoms with van der Waals surface area (Å²) in [5, 5.41) is 5.89. The molecule has 1 aromatic heterocycles. The van der Waals surface area contributed by atoms with Crippen molar-refractivity contribution in [3.05, 3.63) is 84.6 Å². The molecular formula is C23H19N3OS. The summed E-state index contributed by atoms with van der Waals surface area (Å²) in [6.45, 7) is 1.97. The Labute approximate surface area is 168 Å². The van der Waals surface area contributed by atoms with Crippen LogP contribution in [0.1, 0.15) is 5.56 Å². The molecule has 0 radical (unpaired) electrons. The maximum atomic E-state index is 12.3. The Hall–Kier alpha value is -3.18. The van der Waals surface area contributed by atoms with E-state index in [2.05, 4.69) is 45.6 Å². The Balaban J connectivity index is 1.46. The van der Waals surface area contributed by atoms with Crippen molar-refractivity contribution in [2.75, 3.05) is 11.1 Å². The van der Waals surface area contributed by atoms with Crippen LogP contribution in [0, 0.1) is 6.92 Å². The van der Waals surface area contributed by atoms with Crippen LogP contribution in [0.25, 0.3) is 22.0 Å². The number of aryl methyl sites for hydroxylation is 1. The molecular weight excluding hydrogens is 366 g/mol. The second-order valence-corrected chi connectivity index (χ2v) is 7.38. The van der Waals surface area contributed by atoms with Gasteiger partial charge in [-0.15, -0.1) is 0 Å². The molecule has 0 aliphatic rings. The first-order valence-corrected chi connectivity index (χ1v) is 9.98. The van der Waals surface area contributed by atoms with E-state index in [4.69, 9.17) is 0 Å². The Morgan fingerprint density at radius 3 is 2.61 bits per heavy atom. The molecule has 0 atom stereocenters. The van der Waals surface area contributed by atoms with Gasteiger partial charge in [-0.3, -0.25) is 4.79 Å². The lowest BCUT2D eigenvalue weighted by molar-refractivity contribution is -0.113. The number of hydrogen-bond donors (Lipinski definition) is 1. The van der Waals surface area contributed by atoms with Crippen molar-refractivity contribution in [2.24, 2.45) is 0 Å². The van der Waals surface area contributed by atoms with Gasteiger partial charge in [0, 0.05) is 17.4 Å². The number of para-hydroxylation sites is 1. The van der Waals surface area contributed by atoms with Crippen LogP contribution in [0.5, 0.6) is 0 Å². The molecule has 0 aliphatic carbocycles. The molecule has 1 heterocycles. The summed E-state index contributed by atoms with van der Waals surface area (Å²) < 4.78 is 0. The predicted molar refractivity (Wildman–Crippen MR) is 116 cm³/mol. The topological polar surface area (TPSA) is 54.9 Å². The Bertz CT molecular complexity index is 1140. The fraction of sp³-hybridized carbons (Fsp3) is 0.0870. The van der Waals surface area contributed by atoms with Crippen molar-refractivity contribution in [1.29, 1.82) is 0 Å². The van der Waals surface area contributed by atoms with Gasteiger partial charge in [-0.1, -0.05) is 66.4 Å². The highest BCUT2D eigenvalue weighted by Crippen LogP contribution is 2.24. The number of rotatable bonds is 5. The minimum Gasteiger partial charge on any atom is -0.325 e. The summed E-state index contributed by atoms with van der Waals surface area (Å²) in [6.07, 6.45) is 1.74. The van der Waals surface area contributed by atoms with Gasteiger partial charge in [0.05, 0.1) is 11.4 Å². The molecule has 0 unspecified atom stereocenters. The van der Waals surface area contributed by atoms with Gasteiger partial charge in [0.15, 0.2) is 5.16 Å². The number of hydrogen-bond acceptors (Lipinski definition) is 4. The van der Waals surface area contributed by atoms with Crippen LogP contribution in [-0.2, 0) is 4.79 Å². The van der Waals surface area contributed by atoms with Crippen molar-refractivity contribution in [1.82, 2.24) is 9.97 Å². The SMILES string of the molecule is Cc1ccccc1NC(=O)CSc1nccc(-c2ccc3ccccc3c2)n1. The number of carbonyl (C=O) groups is 1. The summed E-state index contributed by atoms with van der Waals surface area (Å²) in [4.78, 5) is 21.2. The van der Waals surface area contributed by atoms with Crippen LogP contribution in [-0.4, -0.2) is 21.6 Å². The highest BCUT2D eigenvalue weighted by molar-refractivity contribution is 7.99.